The van der Waals surface area contributed by atoms with Crippen LogP contribution in [0.5, 0.6) is 11.5 Å². The van der Waals surface area contributed by atoms with Crippen LogP contribution in [-0.2, 0) is 17.9 Å². The molecular weight excluding hydrogens is 466 g/mol. The van der Waals surface area contributed by atoms with Gasteiger partial charge in [0.2, 0.25) is 5.91 Å². The van der Waals surface area contributed by atoms with E-state index in [1.54, 1.807) is 43.4 Å². The summed E-state index contributed by atoms with van der Waals surface area (Å²) in [5.41, 5.74) is 2.22. The first kappa shape index (κ1) is 27.8. The lowest BCUT2D eigenvalue weighted by molar-refractivity contribution is -0.138. The smallest absolute Gasteiger partial charge is 0.254 e. The van der Waals surface area contributed by atoms with Crippen LogP contribution in [0.15, 0.2) is 66.9 Å². The third-order valence-corrected chi connectivity index (χ3v) is 6.37. The number of hydrogen-bond acceptors (Lipinski definition) is 4. The summed E-state index contributed by atoms with van der Waals surface area (Å²) in [6.45, 7) is 11.0. The van der Waals surface area contributed by atoms with Gasteiger partial charge in [-0.2, -0.15) is 0 Å². The van der Waals surface area contributed by atoms with Gasteiger partial charge in [-0.25, -0.2) is 0 Å². The average molecular weight is 506 g/mol. The summed E-state index contributed by atoms with van der Waals surface area (Å²) in [5.74, 6) is 1.21. The van der Waals surface area contributed by atoms with Gasteiger partial charge in [0, 0.05) is 35.6 Å². The molecule has 0 aliphatic carbocycles. The van der Waals surface area contributed by atoms with Crippen molar-refractivity contribution in [3.63, 3.8) is 0 Å². The number of rotatable bonds is 10. The van der Waals surface area contributed by atoms with Gasteiger partial charge in [0.05, 0.1) is 20.8 Å². The van der Waals surface area contributed by atoms with E-state index in [4.69, 9.17) is 9.47 Å². The molecule has 0 atom stereocenters. The number of carbonyl (C=O) groups is 2. The Morgan fingerprint density at radius 2 is 1.59 bits per heavy atom. The van der Waals surface area contributed by atoms with Crippen LogP contribution in [0.2, 0.25) is 0 Å². The van der Waals surface area contributed by atoms with E-state index >= 15 is 0 Å². The predicted octanol–water partition coefficient (Wildman–Crippen LogP) is 5.23. The van der Waals surface area contributed by atoms with Crippen molar-refractivity contribution in [2.45, 2.75) is 59.3 Å². The number of aromatic nitrogens is 1. The van der Waals surface area contributed by atoms with Crippen LogP contribution < -0.4 is 9.47 Å². The second-order valence-electron chi connectivity index (χ2n) is 10.4. The summed E-state index contributed by atoms with van der Waals surface area (Å²) in [7, 11) is 3.25. The van der Waals surface area contributed by atoms with E-state index in [1.165, 1.54) is 0 Å². The molecule has 2 aromatic carbocycles. The highest BCUT2D eigenvalue weighted by molar-refractivity contribution is 5.96. The zero-order chi connectivity index (χ0) is 27.2. The van der Waals surface area contributed by atoms with E-state index in [2.05, 4.69) is 10.6 Å². The lowest BCUT2D eigenvalue weighted by Gasteiger charge is -2.38. The Balaban J connectivity index is 1.80. The highest BCUT2D eigenvalue weighted by atomic mass is 16.5. The summed E-state index contributed by atoms with van der Waals surface area (Å²) in [5, 5.41) is 0. The molecule has 1 aromatic heterocycles. The Morgan fingerprint density at radius 3 is 2.19 bits per heavy atom. The molecule has 0 bridgehead atoms. The van der Waals surface area contributed by atoms with Crippen LogP contribution in [0, 0.1) is 0 Å². The molecule has 7 nitrogen and oxygen atoms in total. The topological polar surface area (TPSA) is 64.0 Å². The Bertz CT molecular complexity index is 1190. The Kier molecular flexibility index (Phi) is 9.03. The molecule has 7 heteroatoms. The van der Waals surface area contributed by atoms with Gasteiger partial charge in [0.1, 0.15) is 18.0 Å². The molecule has 2 amide bonds. The van der Waals surface area contributed by atoms with E-state index in [0.29, 0.717) is 24.4 Å². The monoisotopic (exact) mass is 505 g/mol. The first-order valence-electron chi connectivity index (χ1n) is 12.6. The predicted molar refractivity (Wildman–Crippen MR) is 146 cm³/mol. The maximum absolute atomic E-state index is 13.7. The Morgan fingerprint density at radius 1 is 0.919 bits per heavy atom. The molecule has 0 unspecified atom stereocenters. The fraction of sp³-hybridized carbons (Fsp3) is 0.400. The van der Waals surface area contributed by atoms with Gasteiger partial charge in [0.15, 0.2) is 0 Å². The molecule has 0 saturated carbocycles. The zero-order valence-corrected chi connectivity index (χ0v) is 23.0. The third kappa shape index (κ3) is 7.15. The van der Waals surface area contributed by atoms with Gasteiger partial charge in [-0.1, -0.05) is 12.1 Å². The van der Waals surface area contributed by atoms with Crippen LogP contribution in [0.1, 0.15) is 56.2 Å². The molecule has 0 saturated heterocycles. The zero-order valence-electron chi connectivity index (χ0n) is 23.0. The molecule has 0 fully saturated rings. The minimum atomic E-state index is -0.437. The van der Waals surface area contributed by atoms with E-state index in [-0.39, 0.29) is 24.4 Å². The van der Waals surface area contributed by atoms with Crippen molar-refractivity contribution in [1.29, 1.82) is 0 Å². The van der Waals surface area contributed by atoms with Crippen LogP contribution in [0.4, 0.5) is 0 Å². The number of ether oxygens (including phenoxy) is 2. The van der Waals surface area contributed by atoms with Crippen molar-refractivity contribution in [3.8, 4) is 11.5 Å². The van der Waals surface area contributed by atoms with Crippen LogP contribution >= 0.6 is 0 Å². The normalized spacial score (nSPS) is 11.4. The van der Waals surface area contributed by atoms with Crippen molar-refractivity contribution in [2.75, 3.05) is 20.8 Å². The average Bonchev–Trinajstić information content (AvgIpc) is 3.31. The fourth-order valence-electron chi connectivity index (χ4n) is 4.20. The Labute approximate surface area is 220 Å². The van der Waals surface area contributed by atoms with E-state index < -0.39 is 5.54 Å². The highest BCUT2D eigenvalue weighted by Gasteiger charge is 2.31. The molecule has 0 aliphatic rings. The lowest BCUT2D eigenvalue weighted by atomic mass is 10.0. The number of amides is 2. The lowest BCUT2D eigenvalue weighted by Crippen LogP contribution is -2.51. The molecule has 0 aliphatic heterocycles. The van der Waals surface area contributed by atoms with Crippen molar-refractivity contribution < 1.29 is 19.1 Å². The van der Waals surface area contributed by atoms with Gasteiger partial charge in [-0.3, -0.25) is 9.59 Å². The van der Waals surface area contributed by atoms with Crippen LogP contribution in [-0.4, -0.2) is 58.5 Å². The maximum Gasteiger partial charge on any atom is 0.254 e. The van der Waals surface area contributed by atoms with Crippen molar-refractivity contribution in [3.05, 3.63) is 83.7 Å². The summed E-state index contributed by atoms with van der Waals surface area (Å²) in [4.78, 5) is 30.5. The highest BCUT2D eigenvalue weighted by Crippen LogP contribution is 2.22. The van der Waals surface area contributed by atoms with Crippen molar-refractivity contribution in [2.24, 2.45) is 0 Å². The molecular formula is C30H39N3O4. The van der Waals surface area contributed by atoms with Gasteiger partial charge in [-0.15, -0.1) is 0 Å². The standard InChI is InChI=1S/C30H39N3O4/c1-22(2)32(29(35)24-13-15-26(36-6)16-14-24)21-28(34)33(30(3,4)5)20-25-11-9-17-31(25)19-23-10-8-12-27(18-23)37-7/h8-18,22H,19-21H2,1-7H3. The number of methoxy groups -OCH3 is 2. The van der Waals surface area contributed by atoms with Gasteiger partial charge in [-0.05, 0) is 88.7 Å². The summed E-state index contributed by atoms with van der Waals surface area (Å²) in [6.07, 6.45) is 2.02. The molecule has 0 spiro atoms. The van der Waals surface area contributed by atoms with Gasteiger partial charge in [0.25, 0.3) is 5.91 Å². The van der Waals surface area contributed by atoms with Crippen LogP contribution in [0.25, 0.3) is 0 Å². The summed E-state index contributed by atoms with van der Waals surface area (Å²) >= 11 is 0. The number of hydrogen-bond donors (Lipinski definition) is 0. The second kappa shape index (κ2) is 12.0. The SMILES string of the molecule is COc1ccc(C(=O)N(CC(=O)N(Cc2cccn2Cc2cccc(OC)c2)C(C)(C)C)C(C)C)cc1. The third-order valence-electron chi connectivity index (χ3n) is 6.37. The minimum Gasteiger partial charge on any atom is -0.497 e. The fourth-order valence-corrected chi connectivity index (χ4v) is 4.20. The number of nitrogens with zero attached hydrogens (tertiary/aromatic N) is 3. The molecule has 0 N–H and O–H groups in total. The molecule has 1 heterocycles. The van der Waals surface area contributed by atoms with E-state index in [1.807, 2.05) is 76.0 Å². The van der Waals surface area contributed by atoms with E-state index in [9.17, 15) is 9.59 Å². The van der Waals surface area contributed by atoms with Crippen LogP contribution in [0.3, 0.4) is 0 Å². The molecule has 198 valence electrons. The quantitative estimate of drug-likeness (QED) is 0.378. The number of benzene rings is 2. The number of carbonyl (C=O) groups excluding carboxylic acids is 2. The maximum atomic E-state index is 13.7. The van der Waals surface area contributed by atoms with Crippen molar-refractivity contribution >= 4 is 11.8 Å². The van der Waals surface area contributed by atoms with Crippen molar-refractivity contribution in [1.82, 2.24) is 14.4 Å². The molecule has 37 heavy (non-hydrogen) atoms. The van der Waals surface area contributed by atoms with Gasteiger partial charge >= 0.3 is 0 Å². The largest absolute Gasteiger partial charge is 0.497 e. The molecule has 3 rings (SSSR count). The first-order chi connectivity index (χ1) is 17.5. The minimum absolute atomic E-state index is 0.00358. The first-order valence-corrected chi connectivity index (χ1v) is 12.6. The molecule has 0 radical (unpaired) electrons. The van der Waals surface area contributed by atoms with Gasteiger partial charge < -0.3 is 23.8 Å². The summed E-state index contributed by atoms with van der Waals surface area (Å²) in [6, 6.07) is 18.8. The Hall–Kier alpha value is -3.74. The second-order valence-corrected chi connectivity index (χ2v) is 10.4. The van der Waals surface area contributed by atoms with E-state index in [0.717, 1.165) is 17.0 Å². The molecule has 3 aromatic rings. The summed E-state index contributed by atoms with van der Waals surface area (Å²) < 4.78 is 12.7.